The van der Waals surface area contributed by atoms with Crippen molar-refractivity contribution in [1.29, 1.82) is 0 Å². The Kier molecular flexibility index (Phi) is 6.51. The van der Waals surface area contributed by atoms with Gasteiger partial charge < -0.3 is 24.9 Å². The first-order valence-corrected chi connectivity index (χ1v) is 10.4. The van der Waals surface area contributed by atoms with Gasteiger partial charge in [-0.3, -0.25) is 9.59 Å². The van der Waals surface area contributed by atoms with Crippen molar-refractivity contribution in [1.82, 2.24) is 4.90 Å². The van der Waals surface area contributed by atoms with E-state index in [1.165, 1.54) is 11.3 Å². The maximum atomic E-state index is 13.2. The number of nitrogens with zero attached hydrogens (tertiary/aromatic N) is 1. The molecule has 1 fully saturated rings. The predicted molar refractivity (Wildman–Crippen MR) is 104 cm³/mol. The lowest BCUT2D eigenvalue weighted by Crippen LogP contribution is -2.42. The van der Waals surface area contributed by atoms with Crippen molar-refractivity contribution in [3.63, 3.8) is 0 Å². The summed E-state index contributed by atoms with van der Waals surface area (Å²) in [7, 11) is 0. The Balaban J connectivity index is 1.87. The molecule has 1 saturated heterocycles. The highest BCUT2D eigenvalue weighted by molar-refractivity contribution is 7.16. The molecule has 2 heterocycles. The number of hydrogen-bond donors (Lipinski definition) is 1. The number of carboxylic acids is 1. The third kappa shape index (κ3) is 4.12. The summed E-state index contributed by atoms with van der Waals surface area (Å²) in [6.45, 7) is 5.95. The zero-order valence-electron chi connectivity index (χ0n) is 16.2. The molecular formula is C20H25N2O5S-. The Labute approximate surface area is 168 Å². The molecule has 0 spiro atoms. The minimum atomic E-state index is -1.22. The molecule has 152 valence electrons. The van der Waals surface area contributed by atoms with Crippen molar-refractivity contribution in [3.05, 3.63) is 28.2 Å². The summed E-state index contributed by atoms with van der Waals surface area (Å²) in [5.74, 6) is -3.26. The third-order valence-electron chi connectivity index (χ3n) is 5.38. The van der Waals surface area contributed by atoms with Crippen molar-refractivity contribution in [3.8, 4) is 0 Å². The first-order valence-electron chi connectivity index (χ1n) is 9.60. The molecule has 0 unspecified atom stereocenters. The average molecular weight is 405 g/mol. The molecule has 8 heteroatoms. The van der Waals surface area contributed by atoms with Gasteiger partial charge in [-0.2, -0.15) is 0 Å². The lowest BCUT2D eigenvalue weighted by Gasteiger charge is -2.29. The predicted octanol–water partition coefficient (Wildman–Crippen LogP) is 1.36. The number of allylic oxidation sites excluding steroid dienone is 2. The fourth-order valence-electron chi connectivity index (χ4n) is 3.81. The molecule has 0 bridgehead atoms. The van der Waals surface area contributed by atoms with Gasteiger partial charge >= 0.3 is 0 Å². The summed E-state index contributed by atoms with van der Waals surface area (Å²) in [6, 6.07) is 0. The molecule has 28 heavy (non-hydrogen) atoms. The molecule has 2 atom stereocenters. The van der Waals surface area contributed by atoms with Crippen LogP contribution in [0.2, 0.25) is 0 Å². The molecule has 0 aromatic carbocycles. The van der Waals surface area contributed by atoms with Gasteiger partial charge in [0.2, 0.25) is 5.91 Å². The second kappa shape index (κ2) is 8.87. The highest BCUT2D eigenvalue weighted by Crippen LogP contribution is 2.36. The van der Waals surface area contributed by atoms with Gasteiger partial charge in [-0.05, 0) is 31.7 Å². The molecule has 1 aliphatic carbocycles. The van der Waals surface area contributed by atoms with Crippen molar-refractivity contribution in [2.75, 3.05) is 31.6 Å². The van der Waals surface area contributed by atoms with Gasteiger partial charge in [0, 0.05) is 29.9 Å². The Morgan fingerprint density at radius 1 is 1.21 bits per heavy atom. The van der Waals surface area contributed by atoms with Crippen LogP contribution < -0.4 is 10.4 Å². The van der Waals surface area contributed by atoms with Gasteiger partial charge in [0.05, 0.1) is 24.7 Å². The second-order valence-electron chi connectivity index (χ2n) is 7.06. The summed E-state index contributed by atoms with van der Waals surface area (Å²) in [5, 5.41) is 14.8. The molecule has 7 nitrogen and oxygen atoms in total. The Morgan fingerprint density at radius 2 is 1.86 bits per heavy atom. The van der Waals surface area contributed by atoms with E-state index in [4.69, 9.17) is 4.74 Å². The molecule has 1 aromatic rings. The maximum Gasteiger partial charge on any atom is 0.257 e. The van der Waals surface area contributed by atoms with Crippen molar-refractivity contribution in [2.24, 2.45) is 11.8 Å². The highest BCUT2D eigenvalue weighted by Gasteiger charge is 2.32. The van der Waals surface area contributed by atoms with E-state index in [1.54, 1.807) is 11.0 Å². The molecule has 1 aromatic heterocycles. The van der Waals surface area contributed by atoms with Crippen molar-refractivity contribution >= 4 is 34.1 Å². The molecule has 2 amide bonds. The fourth-order valence-corrected chi connectivity index (χ4v) is 4.95. The van der Waals surface area contributed by atoms with Gasteiger partial charge in [-0.25, -0.2) is 0 Å². The normalized spacial score (nSPS) is 22.1. The van der Waals surface area contributed by atoms with Crippen molar-refractivity contribution < 1.29 is 24.2 Å². The van der Waals surface area contributed by atoms with Gasteiger partial charge in [0.1, 0.15) is 5.00 Å². The first kappa shape index (κ1) is 20.5. The van der Waals surface area contributed by atoms with E-state index < -0.39 is 17.8 Å². The van der Waals surface area contributed by atoms with E-state index in [1.807, 2.05) is 19.9 Å². The van der Waals surface area contributed by atoms with Crippen LogP contribution in [0.15, 0.2) is 12.2 Å². The Hall–Kier alpha value is -2.19. The number of aryl methyl sites for hydroxylation is 1. The highest BCUT2D eigenvalue weighted by atomic mass is 32.1. The van der Waals surface area contributed by atoms with E-state index in [0.29, 0.717) is 49.7 Å². The summed E-state index contributed by atoms with van der Waals surface area (Å²) in [4.78, 5) is 40.2. The van der Waals surface area contributed by atoms with Crippen LogP contribution in [0.25, 0.3) is 0 Å². The molecule has 1 aliphatic heterocycles. The largest absolute Gasteiger partial charge is 0.550 e. The Bertz CT molecular complexity index is 795. The quantitative estimate of drug-likeness (QED) is 0.746. The van der Waals surface area contributed by atoms with Crippen LogP contribution in [0.5, 0.6) is 0 Å². The molecule has 1 N–H and O–H groups in total. The number of anilines is 1. The number of hydrogen-bond acceptors (Lipinski definition) is 6. The lowest BCUT2D eigenvalue weighted by molar-refractivity contribution is -0.313. The van der Waals surface area contributed by atoms with E-state index >= 15 is 0 Å². The van der Waals surface area contributed by atoms with Crippen LogP contribution in [0.1, 0.15) is 40.6 Å². The topological polar surface area (TPSA) is 98.8 Å². The number of aliphatic carboxylic acids is 1. The summed E-state index contributed by atoms with van der Waals surface area (Å²) in [5.41, 5.74) is 1.45. The molecule has 3 rings (SSSR count). The van der Waals surface area contributed by atoms with Crippen LogP contribution in [0, 0.1) is 18.8 Å². The zero-order chi connectivity index (χ0) is 20.3. The second-order valence-corrected chi connectivity index (χ2v) is 8.29. The van der Waals surface area contributed by atoms with Gasteiger partial charge in [0.25, 0.3) is 5.91 Å². The fraction of sp³-hybridized carbons (Fsp3) is 0.550. The number of ether oxygens (including phenoxy) is 1. The molecule has 0 radical (unpaired) electrons. The van der Waals surface area contributed by atoms with Crippen LogP contribution >= 0.6 is 11.3 Å². The number of carbonyl (C=O) groups is 3. The Morgan fingerprint density at radius 3 is 2.46 bits per heavy atom. The average Bonchev–Trinajstić information content (AvgIpc) is 3.02. The summed E-state index contributed by atoms with van der Waals surface area (Å²) < 4.78 is 5.33. The van der Waals surface area contributed by atoms with E-state index in [9.17, 15) is 19.5 Å². The van der Waals surface area contributed by atoms with E-state index in [-0.39, 0.29) is 18.2 Å². The van der Waals surface area contributed by atoms with Gasteiger partial charge in [-0.1, -0.05) is 19.1 Å². The molecule has 0 saturated carbocycles. The van der Waals surface area contributed by atoms with E-state index in [2.05, 4.69) is 5.32 Å². The monoisotopic (exact) mass is 405 g/mol. The number of carboxylic acid groups (broad SMARTS) is 1. The SMILES string of the molecule is CCc1c(C)sc(NC(=O)[C@H]2CC=CC[C@@H]2C(=O)[O-])c1C(=O)N1CCOCC1. The molecular weight excluding hydrogens is 380 g/mol. The third-order valence-corrected chi connectivity index (χ3v) is 6.45. The standard InChI is InChI=1S/C20H26N2O5S/c1-3-13-12(2)28-18(16(13)19(24)22-8-10-27-11-9-22)21-17(23)14-6-4-5-7-15(14)20(25)26/h4-5,14-15H,3,6-11H2,1-2H3,(H,21,23)(H,25,26)/p-1/t14-,15-/m0/s1. The number of amides is 2. The lowest BCUT2D eigenvalue weighted by atomic mass is 9.82. The first-order chi connectivity index (χ1) is 13.4. The minimum Gasteiger partial charge on any atom is -0.550 e. The molecule has 2 aliphatic rings. The minimum absolute atomic E-state index is 0.111. The number of thiophene rings is 1. The van der Waals surface area contributed by atoms with E-state index in [0.717, 1.165) is 10.4 Å². The van der Waals surface area contributed by atoms with Gasteiger partial charge in [0.15, 0.2) is 0 Å². The summed E-state index contributed by atoms with van der Waals surface area (Å²) in [6.07, 6.45) is 4.89. The smallest absolute Gasteiger partial charge is 0.257 e. The number of carbonyl (C=O) groups excluding carboxylic acids is 3. The van der Waals surface area contributed by atoms with Crippen LogP contribution in [0.4, 0.5) is 5.00 Å². The van der Waals surface area contributed by atoms with Gasteiger partial charge in [-0.15, -0.1) is 11.3 Å². The summed E-state index contributed by atoms with van der Waals surface area (Å²) >= 11 is 1.37. The number of morpholine rings is 1. The van der Waals surface area contributed by atoms with Crippen LogP contribution in [-0.2, 0) is 20.7 Å². The zero-order valence-corrected chi connectivity index (χ0v) is 17.0. The van der Waals surface area contributed by atoms with Crippen LogP contribution in [-0.4, -0.2) is 49.0 Å². The number of rotatable bonds is 5. The maximum absolute atomic E-state index is 13.2. The van der Waals surface area contributed by atoms with Crippen LogP contribution in [0.3, 0.4) is 0 Å². The number of nitrogens with one attached hydrogen (secondary N) is 1. The van der Waals surface area contributed by atoms with Crippen molar-refractivity contribution in [2.45, 2.75) is 33.1 Å².